The topological polar surface area (TPSA) is 67.6 Å². The van der Waals surface area contributed by atoms with E-state index in [2.05, 4.69) is 15.0 Å². The van der Waals surface area contributed by atoms with E-state index in [0.29, 0.717) is 5.82 Å². The molecule has 0 radical (unpaired) electrons. The number of nitrogens with two attached hydrogens (primary N) is 1. The molecule has 4 heteroatoms. The molecule has 0 atom stereocenters. The molecule has 0 amide bonds. The van der Waals surface area contributed by atoms with E-state index in [1.807, 2.05) is 30.3 Å². The molecule has 0 aliphatic heterocycles. The molecule has 78 valence electrons. The number of fused-ring (bicyclic) bond motifs is 1. The van der Waals surface area contributed by atoms with Gasteiger partial charge in [0.2, 0.25) is 0 Å². The van der Waals surface area contributed by atoms with Crippen molar-refractivity contribution in [3.8, 4) is 11.4 Å². The molecular weight excluding hydrogens is 200 g/mol. The van der Waals surface area contributed by atoms with Crippen molar-refractivity contribution in [2.45, 2.75) is 0 Å². The van der Waals surface area contributed by atoms with Crippen molar-refractivity contribution in [2.24, 2.45) is 0 Å². The second kappa shape index (κ2) is 3.34. The van der Waals surface area contributed by atoms with E-state index in [9.17, 15) is 0 Å². The predicted octanol–water partition coefficient (Wildman–Crippen LogP) is 2.21. The molecule has 3 N–H and O–H groups in total. The minimum Gasteiger partial charge on any atom is -0.384 e. The van der Waals surface area contributed by atoms with Crippen LogP contribution in [0.2, 0.25) is 0 Å². The first-order chi connectivity index (χ1) is 7.83. The zero-order valence-corrected chi connectivity index (χ0v) is 8.51. The highest BCUT2D eigenvalue weighted by Gasteiger charge is 2.04. The fraction of sp³-hybridized carbons (Fsp3) is 0. The number of aromatic nitrogens is 3. The van der Waals surface area contributed by atoms with Crippen LogP contribution >= 0.6 is 0 Å². The molecule has 1 aromatic carbocycles. The maximum Gasteiger partial charge on any atom is 0.140 e. The molecule has 16 heavy (non-hydrogen) atoms. The van der Waals surface area contributed by atoms with Crippen LogP contribution in [0.15, 0.2) is 42.6 Å². The smallest absolute Gasteiger partial charge is 0.140 e. The third kappa shape index (κ3) is 1.40. The summed E-state index contributed by atoms with van der Waals surface area (Å²) in [5, 5.41) is 0. The predicted molar refractivity (Wildman–Crippen MR) is 63.7 cm³/mol. The fourth-order valence-corrected chi connectivity index (χ4v) is 1.63. The average Bonchev–Trinajstić information content (AvgIpc) is 2.73. The highest BCUT2D eigenvalue weighted by atomic mass is 14.9. The van der Waals surface area contributed by atoms with Crippen LogP contribution in [0.3, 0.4) is 0 Å². The first-order valence-corrected chi connectivity index (χ1v) is 4.99. The van der Waals surface area contributed by atoms with Crippen molar-refractivity contribution < 1.29 is 0 Å². The van der Waals surface area contributed by atoms with Gasteiger partial charge in [0.25, 0.3) is 0 Å². The van der Waals surface area contributed by atoms with E-state index in [-0.39, 0.29) is 0 Å². The van der Waals surface area contributed by atoms with Gasteiger partial charge in [0, 0.05) is 11.8 Å². The molecule has 0 spiro atoms. The van der Waals surface area contributed by atoms with Crippen molar-refractivity contribution in [3.05, 3.63) is 42.6 Å². The molecule has 0 bridgehead atoms. The minimum absolute atomic E-state index is 0.514. The molecule has 2 aromatic heterocycles. The van der Waals surface area contributed by atoms with Crippen molar-refractivity contribution in [1.82, 2.24) is 15.0 Å². The van der Waals surface area contributed by atoms with Crippen LogP contribution in [0.25, 0.3) is 22.4 Å². The zero-order chi connectivity index (χ0) is 11.0. The summed E-state index contributed by atoms with van der Waals surface area (Å²) in [6.07, 6.45) is 1.72. The summed E-state index contributed by atoms with van der Waals surface area (Å²) in [5.41, 5.74) is 8.45. The number of pyridine rings is 1. The summed E-state index contributed by atoms with van der Waals surface area (Å²) < 4.78 is 0. The molecule has 0 aliphatic carbocycles. The van der Waals surface area contributed by atoms with Crippen molar-refractivity contribution >= 4 is 16.9 Å². The molecule has 3 rings (SSSR count). The molecule has 2 heterocycles. The van der Waals surface area contributed by atoms with Crippen molar-refractivity contribution in [2.75, 3.05) is 5.73 Å². The summed E-state index contributed by atoms with van der Waals surface area (Å²) in [7, 11) is 0. The minimum atomic E-state index is 0.514. The molecule has 0 saturated carbocycles. The van der Waals surface area contributed by atoms with Gasteiger partial charge in [-0.1, -0.05) is 12.1 Å². The highest BCUT2D eigenvalue weighted by Crippen LogP contribution is 2.19. The normalized spacial score (nSPS) is 10.8. The number of hydrogen-bond donors (Lipinski definition) is 2. The van der Waals surface area contributed by atoms with Gasteiger partial charge in [-0.05, 0) is 24.3 Å². The van der Waals surface area contributed by atoms with Crippen LogP contribution in [0.5, 0.6) is 0 Å². The number of aromatic amines is 1. The van der Waals surface area contributed by atoms with Crippen LogP contribution in [-0.4, -0.2) is 15.0 Å². The number of nitrogen functional groups attached to an aromatic ring is 1. The first-order valence-electron chi connectivity index (χ1n) is 4.99. The Balaban J connectivity index is 2.15. The van der Waals surface area contributed by atoms with Gasteiger partial charge in [0.05, 0.1) is 11.0 Å². The van der Waals surface area contributed by atoms with Crippen LogP contribution in [0, 0.1) is 0 Å². The largest absolute Gasteiger partial charge is 0.384 e. The van der Waals surface area contributed by atoms with Gasteiger partial charge in [0.1, 0.15) is 11.6 Å². The van der Waals surface area contributed by atoms with E-state index in [0.717, 1.165) is 22.4 Å². The molecular formula is C12H10N4. The molecule has 3 aromatic rings. The molecule has 0 aliphatic rings. The van der Waals surface area contributed by atoms with Crippen molar-refractivity contribution in [3.63, 3.8) is 0 Å². The highest BCUT2D eigenvalue weighted by molar-refractivity contribution is 5.79. The lowest BCUT2D eigenvalue weighted by Crippen LogP contribution is -1.89. The Morgan fingerprint density at radius 3 is 2.69 bits per heavy atom. The van der Waals surface area contributed by atoms with Gasteiger partial charge >= 0.3 is 0 Å². The van der Waals surface area contributed by atoms with Gasteiger partial charge in [-0.25, -0.2) is 9.97 Å². The number of H-pyrrole nitrogens is 1. The maximum absolute atomic E-state index is 5.54. The number of para-hydroxylation sites is 2. The van der Waals surface area contributed by atoms with Crippen LogP contribution in [0.4, 0.5) is 5.82 Å². The van der Waals surface area contributed by atoms with Crippen LogP contribution in [-0.2, 0) is 0 Å². The van der Waals surface area contributed by atoms with Gasteiger partial charge in [0.15, 0.2) is 0 Å². The fourth-order valence-electron chi connectivity index (χ4n) is 1.63. The lowest BCUT2D eigenvalue weighted by atomic mass is 10.3. The van der Waals surface area contributed by atoms with E-state index >= 15 is 0 Å². The van der Waals surface area contributed by atoms with E-state index in [1.54, 1.807) is 12.3 Å². The van der Waals surface area contributed by atoms with Gasteiger partial charge in [-0.3, -0.25) is 0 Å². The SMILES string of the molecule is Nc1ccc(-c2nc3ccccc3[nH]2)cn1. The Hall–Kier alpha value is -2.36. The third-order valence-electron chi connectivity index (χ3n) is 2.45. The number of anilines is 1. The first kappa shape index (κ1) is 8.91. The Labute approximate surface area is 92.2 Å². The Morgan fingerprint density at radius 1 is 1.06 bits per heavy atom. The van der Waals surface area contributed by atoms with E-state index in [4.69, 9.17) is 5.73 Å². The van der Waals surface area contributed by atoms with E-state index in [1.165, 1.54) is 0 Å². The number of imidazole rings is 1. The summed E-state index contributed by atoms with van der Waals surface area (Å²) in [5.74, 6) is 1.33. The Kier molecular flexibility index (Phi) is 1.86. The third-order valence-corrected chi connectivity index (χ3v) is 2.45. The van der Waals surface area contributed by atoms with Gasteiger partial charge < -0.3 is 10.7 Å². The second-order valence-corrected chi connectivity index (χ2v) is 3.57. The van der Waals surface area contributed by atoms with Crippen molar-refractivity contribution in [1.29, 1.82) is 0 Å². The number of benzene rings is 1. The maximum atomic E-state index is 5.54. The van der Waals surface area contributed by atoms with E-state index < -0.39 is 0 Å². The summed E-state index contributed by atoms with van der Waals surface area (Å²) in [6.45, 7) is 0. The van der Waals surface area contributed by atoms with Gasteiger partial charge in [-0.2, -0.15) is 0 Å². The molecule has 0 saturated heterocycles. The Bertz CT molecular complexity index is 592. The Morgan fingerprint density at radius 2 is 1.94 bits per heavy atom. The molecule has 4 nitrogen and oxygen atoms in total. The summed E-state index contributed by atoms with van der Waals surface area (Å²) >= 11 is 0. The summed E-state index contributed by atoms with van der Waals surface area (Å²) in [4.78, 5) is 11.8. The second-order valence-electron chi connectivity index (χ2n) is 3.57. The zero-order valence-electron chi connectivity index (χ0n) is 8.51. The average molecular weight is 210 g/mol. The molecule has 0 unspecified atom stereocenters. The van der Waals surface area contributed by atoms with Crippen LogP contribution < -0.4 is 5.73 Å². The van der Waals surface area contributed by atoms with Gasteiger partial charge in [-0.15, -0.1) is 0 Å². The van der Waals surface area contributed by atoms with Crippen LogP contribution in [0.1, 0.15) is 0 Å². The summed E-state index contributed by atoms with van der Waals surface area (Å²) in [6, 6.07) is 11.6. The number of nitrogens with one attached hydrogen (secondary N) is 1. The number of rotatable bonds is 1. The lowest BCUT2D eigenvalue weighted by molar-refractivity contribution is 1.28. The standard InChI is InChI=1S/C12H10N4/c13-11-6-5-8(7-14-11)12-15-9-3-1-2-4-10(9)16-12/h1-7H,(H2,13,14)(H,15,16). The molecule has 0 fully saturated rings. The number of hydrogen-bond acceptors (Lipinski definition) is 3. The number of nitrogens with zero attached hydrogens (tertiary/aromatic N) is 2. The quantitative estimate of drug-likeness (QED) is 0.647. The lowest BCUT2D eigenvalue weighted by Gasteiger charge is -1.95. The monoisotopic (exact) mass is 210 g/mol.